The topological polar surface area (TPSA) is 83.9 Å². The Hall–Kier alpha value is -3.70. The summed E-state index contributed by atoms with van der Waals surface area (Å²) in [5.41, 5.74) is -1.78. The molecule has 12 heteroatoms. The van der Waals surface area contributed by atoms with Gasteiger partial charge in [-0.05, 0) is 37.0 Å². The van der Waals surface area contributed by atoms with Crippen LogP contribution < -0.4 is 5.32 Å². The Bertz CT molecular complexity index is 1190. The summed E-state index contributed by atoms with van der Waals surface area (Å²) in [5, 5.41) is 2.86. The summed E-state index contributed by atoms with van der Waals surface area (Å²) in [7, 11) is 0. The van der Waals surface area contributed by atoms with Gasteiger partial charge in [0, 0.05) is 37.9 Å². The molecule has 35 heavy (non-hydrogen) atoms. The van der Waals surface area contributed by atoms with Gasteiger partial charge in [0.05, 0.1) is 22.7 Å². The van der Waals surface area contributed by atoms with Crippen molar-refractivity contribution >= 4 is 11.9 Å². The van der Waals surface area contributed by atoms with E-state index in [9.17, 15) is 26.7 Å². The first-order valence-electron chi connectivity index (χ1n) is 10.9. The van der Waals surface area contributed by atoms with E-state index in [1.807, 2.05) is 6.92 Å². The molecule has 3 heterocycles. The van der Waals surface area contributed by atoms with E-state index in [1.54, 1.807) is 0 Å². The zero-order valence-electron chi connectivity index (χ0n) is 18.6. The van der Waals surface area contributed by atoms with E-state index in [0.717, 1.165) is 18.6 Å². The van der Waals surface area contributed by atoms with E-state index < -0.39 is 40.9 Å². The van der Waals surface area contributed by atoms with Crippen LogP contribution in [0.4, 0.5) is 27.9 Å². The standard InChI is InChI=1S/C23H21F5N6O/c1-13-4-2-9-34(17(13)12-33-22-31-10-14(11-32-22)23(26,27)28)21(35)19-16(25)6-5-15(24)18(19)20-29-7-3-8-30-20/h3,5-8,10-11,13,17H,2,4,9,12H2,1H3,(H,31,32,33)/t13-,17?/m1/s1. The minimum absolute atomic E-state index is 0.0392. The van der Waals surface area contributed by atoms with Gasteiger partial charge in [-0.25, -0.2) is 28.7 Å². The number of rotatable bonds is 5. The number of alkyl halides is 3. The van der Waals surface area contributed by atoms with Crippen molar-refractivity contribution in [2.75, 3.05) is 18.4 Å². The van der Waals surface area contributed by atoms with Gasteiger partial charge in [-0.1, -0.05) is 6.92 Å². The van der Waals surface area contributed by atoms with Crippen molar-refractivity contribution in [3.05, 3.63) is 65.7 Å². The quantitative estimate of drug-likeness (QED) is 0.525. The van der Waals surface area contributed by atoms with Crippen LogP contribution >= 0.6 is 0 Å². The lowest BCUT2D eigenvalue weighted by Crippen LogP contribution is -2.51. The van der Waals surface area contributed by atoms with Gasteiger partial charge in [0.2, 0.25) is 5.95 Å². The summed E-state index contributed by atoms with van der Waals surface area (Å²) in [6.07, 6.45) is 0.905. The molecule has 1 saturated heterocycles. The molecule has 2 atom stereocenters. The molecule has 1 aliphatic heterocycles. The predicted molar refractivity (Wildman–Crippen MR) is 116 cm³/mol. The van der Waals surface area contributed by atoms with Crippen LogP contribution in [-0.4, -0.2) is 49.9 Å². The Morgan fingerprint density at radius 3 is 2.40 bits per heavy atom. The number of nitrogens with zero attached hydrogens (tertiary/aromatic N) is 5. The summed E-state index contributed by atoms with van der Waals surface area (Å²) in [4.78, 5) is 30.3. The lowest BCUT2D eigenvalue weighted by molar-refractivity contribution is -0.138. The number of carbonyl (C=O) groups excluding carboxylic acids is 1. The van der Waals surface area contributed by atoms with Crippen LogP contribution in [0.25, 0.3) is 11.4 Å². The van der Waals surface area contributed by atoms with E-state index in [-0.39, 0.29) is 36.3 Å². The molecule has 0 radical (unpaired) electrons. The Labute approximate surface area is 197 Å². The van der Waals surface area contributed by atoms with Gasteiger partial charge in [-0.3, -0.25) is 4.79 Å². The van der Waals surface area contributed by atoms with Crippen molar-refractivity contribution in [1.29, 1.82) is 0 Å². The number of piperidine rings is 1. The molecule has 1 fully saturated rings. The highest BCUT2D eigenvalue weighted by molar-refractivity contribution is 6.00. The first-order chi connectivity index (χ1) is 16.7. The third-order valence-electron chi connectivity index (χ3n) is 5.93. The number of halogens is 5. The first-order valence-corrected chi connectivity index (χ1v) is 10.9. The number of anilines is 1. The second-order valence-corrected chi connectivity index (χ2v) is 8.21. The minimum Gasteiger partial charge on any atom is -0.352 e. The van der Waals surface area contributed by atoms with E-state index >= 15 is 0 Å². The van der Waals surface area contributed by atoms with Crippen LogP contribution in [0, 0.1) is 17.6 Å². The molecule has 3 aromatic rings. The van der Waals surface area contributed by atoms with Crippen LogP contribution in [0.1, 0.15) is 35.7 Å². The van der Waals surface area contributed by atoms with E-state index in [2.05, 4.69) is 25.3 Å². The van der Waals surface area contributed by atoms with Crippen LogP contribution in [0.2, 0.25) is 0 Å². The van der Waals surface area contributed by atoms with E-state index in [0.29, 0.717) is 18.8 Å². The normalized spacial score (nSPS) is 18.4. The molecule has 7 nitrogen and oxygen atoms in total. The lowest BCUT2D eigenvalue weighted by Gasteiger charge is -2.40. The van der Waals surface area contributed by atoms with Crippen molar-refractivity contribution < 1.29 is 26.7 Å². The number of aromatic nitrogens is 4. The summed E-state index contributed by atoms with van der Waals surface area (Å²) in [6.45, 7) is 2.29. The average Bonchev–Trinajstić information content (AvgIpc) is 2.84. The Balaban J connectivity index is 1.61. The van der Waals surface area contributed by atoms with E-state index in [4.69, 9.17) is 0 Å². The van der Waals surface area contributed by atoms with Crippen LogP contribution in [0.15, 0.2) is 43.0 Å². The molecule has 0 bridgehead atoms. The largest absolute Gasteiger partial charge is 0.419 e. The fourth-order valence-electron chi connectivity index (χ4n) is 4.13. The zero-order chi connectivity index (χ0) is 25.2. The fraction of sp³-hybridized carbons (Fsp3) is 0.348. The molecule has 1 aliphatic rings. The number of hydrogen-bond acceptors (Lipinski definition) is 6. The number of amides is 1. The number of hydrogen-bond donors (Lipinski definition) is 1. The fourth-order valence-corrected chi connectivity index (χ4v) is 4.13. The third-order valence-corrected chi connectivity index (χ3v) is 5.93. The highest BCUT2D eigenvalue weighted by Crippen LogP contribution is 2.32. The number of nitrogens with one attached hydrogen (secondary N) is 1. The van der Waals surface area contributed by atoms with Crippen molar-refractivity contribution in [3.63, 3.8) is 0 Å². The SMILES string of the molecule is C[C@@H]1CCCN(C(=O)c2c(F)ccc(F)c2-c2ncccn2)C1CNc1ncc(C(F)(F)F)cn1. The van der Waals surface area contributed by atoms with Crippen LogP contribution in [0.3, 0.4) is 0 Å². The molecular formula is C23H21F5N6O. The third kappa shape index (κ3) is 5.20. The molecule has 1 unspecified atom stereocenters. The van der Waals surface area contributed by atoms with Crippen molar-refractivity contribution in [1.82, 2.24) is 24.8 Å². The zero-order valence-corrected chi connectivity index (χ0v) is 18.6. The maximum atomic E-state index is 14.9. The maximum absolute atomic E-state index is 14.9. The summed E-state index contributed by atoms with van der Waals surface area (Å²) in [6, 6.07) is 2.83. The smallest absolute Gasteiger partial charge is 0.352 e. The molecule has 0 spiro atoms. The summed E-state index contributed by atoms with van der Waals surface area (Å²) >= 11 is 0. The van der Waals surface area contributed by atoms with Crippen molar-refractivity contribution in [3.8, 4) is 11.4 Å². The monoisotopic (exact) mass is 492 g/mol. The molecule has 1 aromatic carbocycles. The van der Waals surface area contributed by atoms with Crippen LogP contribution in [0.5, 0.6) is 0 Å². The van der Waals surface area contributed by atoms with Gasteiger partial charge >= 0.3 is 6.18 Å². The molecule has 4 rings (SSSR count). The molecule has 1 amide bonds. The molecule has 0 saturated carbocycles. The van der Waals surface area contributed by atoms with Crippen LogP contribution in [-0.2, 0) is 6.18 Å². The Morgan fingerprint density at radius 1 is 1.09 bits per heavy atom. The van der Waals surface area contributed by atoms with Gasteiger partial charge in [0.25, 0.3) is 5.91 Å². The lowest BCUT2D eigenvalue weighted by atomic mass is 9.89. The second-order valence-electron chi connectivity index (χ2n) is 8.21. The number of benzene rings is 1. The second kappa shape index (κ2) is 9.88. The van der Waals surface area contributed by atoms with E-state index in [1.165, 1.54) is 23.4 Å². The summed E-state index contributed by atoms with van der Waals surface area (Å²) in [5.74, 6) is -2.67. The number of likely N-dealkylation sites (tertiary alicyclic amines) is 1. The minimum atomic E-state index is -4.56. The molecule has 184 valence electrons. The summed E-state index contributed by atoms with van der Waals surface area (Å²) < 4.78 is 68.0. The number of carbonyl (C=O) groups is 1. The highest BCUT2D eigenvalue weighted by atomic mass is 19.4. The molecule has 2 aromatic heterocycles. The van der Waals surface area contributed by atoms with Gasteiger partial charge in [-0.2, -0.15) is 13.2 Å². The Kier molecular flexibility index (Phi) is 6.90. The molecular weight excluding hydrogens is 471 g/mol. The maximum Gasteiger partial charge on any atom is 0.419 e. The van der Waals surface area contributed by atoms with Gasteiger partial charge in [-0.15, -0.1) is 0 Å². The van der Waals surface area contributed by atoms with Gasteiger partial charge < -0.3 is 10.2 Å². The highest BCUT2D eigenvalue weighted by Gasteiger charge is 2.36. The van der Waals surface area contributed by atoms with Gasteiger partial charge in [0.1, 0.15) is 11.6 Å². The molecule has 0 aliphatic carbocycles. The van der Waals surface area contributed by atoms with Crippen molar-refractivity contribution in [2.45, 2.75) is 32.0 Å². The predicted octanol–water partition coefficient (Wildman–Crippen LogP) is 4.58. The van der Waals surface area contributed by atoms with Gasteiger partial charge in [0.15, 0.2) is 5.82 Å². The molecule has 1 N–H and O–H groups in total. The Morgan fingerprint density at radius 2 is 1.74 bits per heavy atom. The first kappa shape index (κ1) is 24.4. The average molecular weight is 492 g/mol. The van der Waals surface area contributed by atoms with Crippen molar-refractivity contribution in [2.24, 2.45) is 5.92 Å².